The fourth-order valence-electron chi connectivity index (χ4n) is 4.95. The van der Waals surface area contributed by atoms with E-state index in [2.05, 4.69) is 10.3 Å². The second-order valence-electron chi connectivity index (χ2n) is 11.2. The quantitative estimate of drug-likeness (QED) is 0.509. The van der Waals surface area contributed by atoms with E-state index < -0.39 is 65.0 Å². The minimum absolute atomic E-state index is 0.0335. The Morgan fingerprint density at radius 1 is 1.07 bits per heavy atom. The van der Waals surface area contributed by atoms with E-state index in [4.69, 9.17) is 0 Å². The van der Waals surface area contributed by atoms with Gasteiger partial charge in [0.1, 0.15) is 18.1 Å². The molecule has 216 valence electrons. The monoisotopic (exact) mass is 567 g/mol. The highest BCUT2D eigenvalue weighted by Crippen LogP contribution is 2.34. The number of nitrogens with one attached hydrogen (secondary N) is 2. The number of rotatable bonds is 6. The molecule has 3 amide bonds. The number of likely N-dealkylation sites (tertiary alicyclic amines) is 1. The lowest BCUT2D eigenvalue weighted by Gasteiger charge is -2.37. The number of aromatic nitrogens is 1. The summed E-state index contributed by atoms with van der Waals surface area (Å²) in [5.41, 5.74) is -1.05. The van der Waals surface area contributed by atoms with Crippen LogP contribution in [0.1, 0.15) is 52.6 Å². The van der Waals surface area contributed by atoms with Gasteiger partial charge in [-0.05, 0) is 41.2 Å². The largest absolute Gasteiger partial charge is 0.471 e. The average Bonchev–Trinajstić information content (AvgIpc) is 3.30. The van der Waals surface area contributed by atoms with E-state index in [1.54, 1.807) is 5.32 Å². The average molecular weight is 568 g/mol. The predicted molar refractivity (Wildman–Crippen MR) is 134 cm³/mol. The van der Waals surface area contributed by atoms with Gasteiger partial charge in [0.05, 0.1) is 6.07 Å². The van der Waals surface area contributed by atoms with Gasteiger partial charge >= 0.3 is 12.1 Å². The predicted octanol–water partition coefficient (Wildman–Crippen LogP) is 4.16. The molecule has 1 aromatic heterocycles. The van der Waals surface area contributed by atoms with Gasteiger partial charge in [0.2, 0.25) is 11.8 Å². The summed E-state index contributed by atoms with van der Waals surface area (Å²) in [6.07, 6.45) is -2.37. The fourth-order valence-corrected chi connectivity index (χ4v) is 4.95. The second kappa shape index (κ2) is 11.3. The lowest BCUT2D eigenvalue weighted by molar-refractivity contribution is -0.176. The maximum absolute atomic E-state index is 14.0. The summed E-state index contributed by atoms with van der Waals surface area (Å²) in [6.45, 7) is 8.12. The molecule has 1 unspecified atom stereocenters. The molecule has 1 saturated heterocycles. The van der Waals surface area contributed by atoms with Gasteiger partial charge in [-0.25, -0.2) is 8.78 Å². The van der Waals surface area contributed by atoms with Crippen molar-refractivity contribution >= 4 is 28.5 Å². The normalized spacial score (nSPS) is 19.3. The van der Waals surface area contributed by atoms with Crippen LogP contribution in [0, 0.1) is 40.2 Å². The Bertz CT molecular complexity index is 1350. The first-order valence-electron chi connectivity index (χ1n) is 12.6. The Labute approximate surface area is 227 Å². The molecule has 0 bridgehead atoms. The van der Waals surface area contributed by atoms with Crippen LogP contribution in [0.2, 0.25) is 0 Å². The number of pyridine rings is 1. The first kappa shape index (κ1) is 30.7. The number of carbonyl (C=O) groups excluding carboxylic acids is 3. The van der Waals surface area contributed by atoms with Gasteiger partial charge in [-0.15, -0.1) is 0 Å². The van der Waals surface area contributed by atoms with Crippen molar-refractivity contribution in [1.29, 1.82) is 5.26 Å². The molecular weight excluding hydrogens is 537 g/mol. The number of amides is 3. The van der Waals surface area contributed by atoms with E-state index in [0.717, 1.165) is 17.0 Å². The smallest absolute Gasteiger partial charge is 0.336 e. The Hall–Kier alpha value is -3.82. The van der Waals surface area contributed by atoms with Gasteiger partial charge in [-0.2, -0.15) is 18.4 Å². The molecule has 1 aliphatic heterocycles. The van der Waals surface area contributed by atoms with Gasteiger partial charge in [-0.1, -0.05) is 34.6 Å². The number of hydrogen-bond acceptors (Lipinski definition) is 5. The second-order valence-corrected chi connectivity index (χ2v) is 11.2. The maximum Gasteiger partial charge on any atom is 0.471 e. The van der Waals surface area contributed by atoms with Crippen LogP contribution in [0.5, 0.6) is 0 Å². The zero-order valence-corrected chi connectivity index (χ0v) is 22.6. The van der Waals surface area contributed by atoms with Crippen molar-refractivity contribution in [2.45, 2.75) is 65.3 Å². The molecule has 2 N–H and O–H groups in total. The molecule has 4 atom stereocenters. The molecule has 0 radical (unpaired) electrons. The summed E-state index contributed by atoms with van der Waals surface area (Å²) in [5.74, 6) is -6.74. The number of fused-ring (bicyclic) bond motifs is 1. The van der Waals surface area contributed by atoms with Gasteiger partial charge in [0, 0.05) is 29.9 Å². The summed E-state index contributed by atoms with van der Waals surface area (Å²) >= 11 is 0. The molecule has 2 aromatic rings. The third kappa shape index (κ3) is 6.32. The lowest BCUT2D eigenvalue weighted by atomic mass is 9.84. The van der Waals surface area contributed by atoms with Crippen molar-refractivity contribution in [3.63, 3.8) is 0 Å². The number of nitriles is 1. The zero-order valence-electron chi connectivity index (χ0n) is 22.6. The Kier molecular flexibility index (Phi) is 8.71. The first-order chi connectivity index (χ1) is 18.5. The molecule has 0 spiro atoms. The molecule has 0 aliphatic carbocycles. The molecule has 1 aliphatic rings. The highest BCUT2D eigenvalue weighted by Gasteiger charge is 2.49. The molecule has 13 heteroatoms. The molecule has 1 aromatic carbocycles. The minimum Gasteiger partial charge on any atom is -0.336 e. The van der Waals surface area contributed by atoms with E-state index in [-0.39, 0.29) is 28.8 Å². The van der Waals surface area contributed by atoms with E-state index in [9.17, 15) is 41.6 Å². The number of carbonyl (C=O) groups is 3. The first-order valence-corrected chi connectivity index (χ1v) is 12.6. The van der Waals surface area contributed by atoms with Crippen LogP contribution in [0.4, 0.5) is 22.0 Å². The zero-order chi connectivity index (χ0) is 30.2. The number of alkyl halides is 3. The molecule has 3 rings (SSSR count). The van der Waals surface area contributed by atoms with E-state index in [1.165, 1.54) is 33.2 Å². The van der Waals surface area contributed by atoms with Crippen LogP contribution in [0.15, 0.2) is 24.5 Å². The van der Waals surface area contributed by atoms with Crippen molar-refractivity contribution in [3.8, 4) is 6.07 Å². The van der Waals surface area contributed by atoms with Crippen molar-refractivity contribution in [2.75, 3.05) is 6.54 Å². The molecular formula is C27H30F5N5O3. The minimum atomic E-state index is -5.22. The molecule has 40 heavy (non-hydrogen) atoms. The summed E-state index contributed by atoms with van der Waals surface area (Å²) < 4.78 is 66.9. The summed E-state index contributed by atoms with van der Waals surface area (Å²) in [7, 11) is 0. The summed E-state index contributed by atoms with van der Waals surface area (Å²) in [5, 5.41) is 14.5. The number of halogens is 5. The molecule has 2 heterocycles. The van der Waals surface area contributed by atoms with Crippen LogP contribution < -0.4 is 10.6 Å². The highest BCUT2D eigenvalue weighted by molar-refractivity contribution is 5.94. The number of nitrogens with zero attached hydrogens (tertiary/aromatic N) is 3. The summed E-state index contributed by atoms with van der Waals surface area (Å²) in [6, 6.07) is -0.450. The fraction of sp³-hybridized carbons (Fsp3) is 0.519. The van der Waals surface area contributed by atoms with Crippen LogP contribution in [-0.2, 0) is 14.4 Å². The van der Waals surface area contributed by atoms with Gasteiger partial charge < -0.3 is 15.5 Å². The van der Waals surface area contributed by atoms with Gasteiger partial charge in [-0.3, -0.25) is 19.4 Å². The van der Waals surface area contributed by atoms with Gasteiger partial charge in [0.15, 0.2) is 11.6 Å². The van der Waals surface area contributed by atoms with Crippen LogP contribution in [0.3, 0.4) is 0 Å². The van der Waals surface area contributed by atoms with E-state index in [1.807, 2.05) is 19.9 Å². The molecule has 0 saturated carbocycles. The third-order valence-electron chi connectivity index (χ3n) is 7.06. The Morgan fingerprint density at radius 2 is 1.70 bits per heavy atom. The van der Waals surface area contributed by atoms with Crippen molar-refractivity contribution < 1.29 is 36.3 Å². The number of benzene rings is 1. The summed E-state index contributed by atoms with van der Waals surface area (Å²) in [4.78, 5) is 44.1. The third-order valence-corrected chi connectivity index (χ3v) is 7.06. The van der Waals surface area contributed by atoms with Crippen LogP contribution in [-0.4, -0.2) is 52.4 Å². The van der Waals surface area contributed by atoms with E-state index in [0.29, 0.717) is 6.42 Å². The van der Waals surface area contributed by atoms with Crippen molar-refractivity contribution in [3.05, 3.63) is 41.7 Å². The van der Waals surface area contributed by atoms with Gasteiger partial charge in [0.25, 0.3) is 0 Å². The van der Waals surface area contributed by atoms with E-state index >= 15 is 0 Å². The standard InChI is InChI=1S/C27H30F5N5O3/c1-13(2)15-6-7-37(24(39)22(26(3,4)5)36-25(40)27(30,31)32)21(15)23(38)35-20(10-33)17-12-34-11-14-8-18(28)19(29)9-16(14)17/h8-9,11-13,15,20-22H,6-7H2,1-5H3,(H,35,38)(H,36,40)/t15-,20?,21+,22-/m1/s1. The van der Waals surface area contributed by atoms with Crippen molar-refractivity contribution in [2.24, 2.45) is 17.3 Å². The molecule has 1 fully saturated rings. The SMILES string of the molecule is CC(C)[C@H]1CCN(C(=O)[C@@H](NC(=O)C(F)(F)F)C(C)(C)C)[C@@H]1C(=O)NC(C#N)c1cncc2cc(F)c(F)cc12. The Balaban J connectivity index is 1.97. The lowest BCUT2D eigenvalue weighted by Crippen LogP contribution is -2.60. The highest BCUT2D eigenvalue weighted by atomic mass is 19.4. The Morgan fingerprint density at radius 3 is 2.25 bits per heavy atom. The van der Waals surface area contributed by atoms with Crippen LogP contribution in [0.25, 0.3) is 10.8 Å². The van der Waals surface area contributed by atoms with Crippen molar-refractivity contribution in [1.82, 2.24) is 20.5 Å². The maximum atomic E-state index is 14.0. The topological polar surface area (TPSA) is 115 Å². The molecule has 8 nitrogen and oxygen atoms in total. The van der Waals surface area contributed by atoms with Crippen LogP contribution >= 0.6 is 0 Å². The number of hydrogen-bond donors (Lipinski definition) is 2.